The van der Waals surface area contributed by atoms with Crippen molar-refractivity contribution in [1.29, 1.82) is 5.26 Å². The highest BCUT2D eigenvalue weighted by Gasteiger charge is 2.50. The van der Waals surface area contributed by atoms with Crippen molar-refractivity contribution in [1.82, 2.24) is 5.16 Å². The molecular formula is C19H15ClN2O5S. The molecule has 0 radical (unpaired) electrons. The zero-order valence-electron chi connectivity index (χ0n) is 14.9. The lowest BCUT2D eigenvalue weighted by atomic mass is 9.90. The second kappa shape index (κ2) is 6.21. The Morgan fingerprint density at radius 1 is 1.25 bits per heavy atom. The number of aliphatic hydroxyl groups excluding tert-OH is 1. The van der Waals surface area contributed by atoms with Crippen molar-refractivity contribution < 1.29 is 22.8 Å². The maximum atomic E-state index is 13.6. The molecule has 1 aliphatic heterocycles. The summed E-state index contributed by atoms with van der Waals surface area (Å²) in [7, 11) is -4.20. The van der Waals surface area contributed by atoms with Gasteiger partial charge in [-0.25, -0.2) is 8.42 Å². The van der Waals surface area contributed by atoms with Gasteiger partial charge in [0.15, 0.2) is 5.58 Å². The van der Waals surface area contributed by atoms with Crippen LogP contribution in [0.15, 0.2) is 45.9 Å². The molecule has 0 fully saturated rings. The lowest BCUT2D eigenvalue weighted by Gasteiger charge is -2.41. The number of aromatic nitrogens is 1. The van der Waals surface area contributed by atoms with Crippen LogP contribution in [0.25, 0.3) is 11.0 Å². The molecule has 7 nitrogen and oxygen atoms in total. The molecule has 0 saturated carbocycles. The van der Waals surface area contributed by atoms with Gasteiger partial charge in [0.25, 0.3) is 0 Å². The van der Waals surface area contributed by atoms with E-state index in [1.807, 2.05) is 6.07 Å². The molecule has 0 spiro atoms. The summed E-state index contributed by atoms with van der Waals surface area (Å²) >= 11 is 5.93. The third-order valence-electron chi connectivity index (χ3n) is 4.82. The number of benzene rings is 2. The summed E-state index contributed by atoms with van der Waals surface area (Å²) in [5.74, 6) is 0.290. The van der Waals surface area contributed by atoms with E-state index in [0.29, 0.717) is 10.8 Å². The number of rotatable bonds is 2. The van der Waals surface area contributed by atoms with Gasteiger partial charge < -0.3 is 14.4 Å². The van der Waals surface area contributed by atoms with Crippen molar-refractivity contribution in [3.05, 3.63) is 52.5 Å². The molecule has 9 heteroatoms. The molecule has 4 rings (SSSR count). The van der Waals surface area contributed by atoms with E-state index < -0.39 is 26.8 Å². The zero-order chi connectivity index (χ0) is 20.3. The maximum absolute atomic E-state index is 13.6. The van der Waals surface area contributed by atoms with Gasteiger partial charge in [-0.3, -0.25) is 0 Å². The fraction of sp³-hybridized carbons (Fsp3) is 0.263. The molecule has 0 bridgehead atoms. The third-order valence-corrected chi connectivity index (χ3v) is 7.07. The predicted octanol–water partition coefficient (Wildman–Crippen LogP) is 3.40. The number of hydrogen-bond acceptors (Lipinski definition) is 7. The van der Waals surface area contributed by atoms with Crippen LogP contribution >= 0.6 is 11.6 Å². The minimum Gasteiger partial charge on any atom is -0.485 e. The van der Waals surface area contributed by atoms with E-state index in [9.17, 15) is 18.8 Å². The van der Waals surface area contributed by atoms with E-state index in [0.717, 1.165) is 0 Å². The smallest absolute Gasteiger partial charge is 0.209 e. The van der Waals surface area contributed by atoms with Crippen molar-refractivity contribution in [2.75, 3.05) is 0 Å². The van der Waals surface area contributed by atoms with Gasteiger partial charge in [-0.2, -0.15) is 5.26 Å². The van der Waals surface area contributed by atoms with Gasteiger partial charge in [-0.05, 0) is 44.2 Å². The summed E-state index contributed by atoms with van der Waals surface area (Å²) in [5, 5.41) is 22.8. The van der Waals surface area contributed by atoms with Gasteiger partial charge in [0.2, 0.25) is 14.9 Å². The normalized spacial score (nSPS) is 21.0. The molecule has 0 aliphatic carbocycles. The summed E-state index contributed by atoms with van der Waals surface area (Å²) in [6.45, 7) is 3.20. The number of aliphatic hydroxyl groups is 1. The lowest BCUT2D eigenvalue weighted by molar-refractivity contribution is -0.0444. The Morgan fingerprint density at radius 2 is 2.00 bits per heavy atom. The minimum absolute atomic E-state index is 0.205. The summed E-state index contributed by atoms with van der Waals surface area (Å²) < 4.78 is 38.0. The number of nitriles is 1. The van der Waals surface area contributed by atoms with E-state index in [2.05, 4.69) is 5.16 Å². The van der Waals surface area contributed by atoms with Crippen LogP contribution in [0.2, 0.25) is 5.02 Å². The Hall–Kier alpha value is -2.60. The number of fused-ring (bicyclic) bond motifs is 2. The number of nitrogens with zero attached hydrogens (tertiary/aromatic N) is 2. The van der Waals surface area contributed by atoms with Crippen LogP contribution in [0.3, 0.4) is 0 Å². The number of hydrogen-bond donors (Lipinski definition) is 1. The average Bonchev–Trinajstić information content (AvgIpc) is 3.05. The standard InChI is InChI=1S/C19H15ClN2O5S/c1-19(2)17(23)16(13-7-10(9-21)3-6-14(13)26-19)28(24,25)18-12-5-4-11(20)8-15(12)27-22-18/h3-8,16-17,23H,1-2H3. The molecule has 2 unspecified atom stereocenters. The predicted molar refractivity (Wildman–Crippen MR) is 101 cm³/mol. The summed E-state index contributed by atoms with van der Waals surface area (Å²) in [6, 6.07) is 11.0. The number of sulfone groups is 1. The highest BCUT2D eigenvalue weighted by molar-refractivity contribution is 7.91. The first kappa shape index (κ1) is 18.7. The second-order valence-electron chi connectivity index (χ2n) is 7.11. The summed E-state index contributed by atoms with van der Waals surface area (Å²) in [5.41, 5.74) is -0.498. The fourth-order valence-electron chi connectivity index (χ4n) is 3.36. The average molecular weight is 419 g/mol. The van der Waals surface area contributed by atoms with Crippen LogP contribution < -0.4 is 4.74 Å². The van der Waals surface area contributed by atoms with Gasteiger partial charge in [-0.15, -0.1) is 0 Å². The molecule has 1 aromatic heterocycles. The fourth-order valence-corrected chi connectivity index (χ4v) is 5.57. The molecule has 3 aromatic rings. The highest BCUT2D eigenvalue weighted by atomic mass is 35.5. The van der Waals surface area contributed by atoms with Crippen LogP contribution in [0, 0.1) is 11.3 Å². The Bertz CT molecular complexity index is 1240. The zero-order valence-corrected chi connectivity index (χ0v) is 16.5. The molecular weight excluding hydrogens is 404 g/mol. The molecule has 144 valence electrons. The first-order valence-electron chi connectivity index (χ1n) is 8.35. The van der Waals surface area contributed by atoms with Gasteiger partial charge in [0, 0.05) is 16.7 Å². The molecule has 1 N–H and O–H groups in total. The first-order chi connectivity index (χ1) is 13.1. The van der Waals surface area contributed by atoms with Crippen molar-refractivity contribution in [2.45, 2.75) is 35.8 Å². The molecule has 28 heavy (non-hydrogen) atoms. The van der Waals surface area contributed by atoms with Crippen LogP contribution in [0.4, 0.5) is 0 Å². The van der Waals surface area contributed by atoms with Crippen LogP contribution in [-0.2, 0) is 9.84 Å². The van der Waals surface area contributed by atoms with Gasteiger partial charge in [-0.1, -0.05) is 16.8 Å². The van der Waals surface area contributed by atoms with Gasteiger partial charge in [0.05, 0.1) is 17.0 Å². The first-order valence-corrected chi connectivity index (χ1v) is 10.3. The summed E-state index contributed by atoms with van der Waals surface area (Å²) in [4.78, 5) is 0. The number of ether oxygens (including phenoxy) is 1. The van der Waals surface area contributed by atoms with Crippen LogP contribution in [0.5, 0.6) is 5.75 Å². The van der Waals surface area contributed by atoms with Crippen LogP contribution in [-0.4, -0.2) is 30.4 Å². The van der Waals surface area contributed by atoms with Crippen molar-refractivity contribution in [3.8, 4) is 11.8 Å². The molecule has 0 saturated heterocycles. The monoisotopic (exact) mass is 418 g/mol. The lowest BCUT2D eigenvalue weighted by Crippen LogP contribution is -2.50. The van der Waals surface area contributed by atoms with E-state index in [-0.39, 0.29) is 27.1 Å². The van der Waals surface area contributed by atoms with Crippen LogP contribution in [0.1, 0.15) is 30.2 Å². The molecule has 2 heterocycles. The second-order valence-corrected chi connectivity index (χ2v) is 9.53. The van der Waals surface area contributed by atoms with E-state index in [1.165, 1.54) is 36.4 Å². The Balaban J connectivity index is 1.97. The largest absolute Gasteiger partial charge is 0.485 e. The SMILES string of the molecule is CC1(C)Oc2ccc(C#N)cc2C(S(=O)(=O)c2noc3cc(Cl)ccc23)C1O. The van der Waals surface area contributed by atoms with Gasteiger partial charge >= 0.3 is 0 Å². The van der Waals surface area contributed by atoms with Gasteiger partial charge in [0.1, 0.15) is 22.7 Å². The Morgan fingerprint density at radius 3 is 2.71 bits per heavy atom. The van der Waals surface area contributed by atoms with Crippen molar-refractivity contribution >= 4 is 32.4 Å². The highest BCUT2D eigenvalue weighted by Crippen LogP contribution is 2.46. The van der Waals surface area contributed by atoms with E-state index >= 15 is 0 Å². The molecule has 1 aliphatic rings. The quantitative estimate of drug-likeness (QED) is 0.678. The molecule has 2 atom stereocenters. The maximum Gasteiger partial charge on any atom is 0.209 e. The molecule has 2 aromatic carbocycles. The third kappa shape index (κ3) is 2.75. The van der Waals surface area contributed by atoms with E-state index in [4.69, 9.17) is 20.9 Å². The Labute approximate surface area is 166 Å². The minimum atomic E-state index is -4.20. The van der Waals surface area contributed by atoms with Crippen molar-refractivity contribution in [2.24, 2.45) is 0 Å². The number of halogens is 1. The van der Waals surface area contributed by atoms with E-state index in [1.54, 1.807) is 13.8 Å². The molecule has 0 amide bonds. The topological polar surface area (TPSA) is 113 Å². The Kier molecular flexibility index (Phi) is 4.16. The van der Waals surface area contributed by atoms with Crippen molar-refractivity contribution in [3.63, 3.8) is 0 Å². The summed E-state index contributed by atoms with van der Waals surface area (Å²) in [6.07, 6.45) is -1.40.